The van der Waals surface area contributed by atoms with Crippen molar-refractivity contribution in [2.24, 2.45) is 0 Å². The van der Waals surface area contributed by atoms with Crippen molar-refractivity contribution in [1.29, 1.82) is 0 Å². The number of likely N-dealkylation sites (N-methyl/N-ethyl adjacent to an activating group) is 1. The van der Waals surface area contributed by atoms with Crippen molar-refractivity contribution in [2.45, 2.75) is 143 Å². The molecule has 2 unspecified atom stereocenters. The molecule has 2 aliphatic carbocycles. The minimum atomic E-state index is -5.70. The summed E-state index contributed by atoms with van der Waals surface area (Å²) in [5.74, 6) is -10.5. The minimum Gasteiger partial charge on any atom is -0.479 e. The fourth-order valence-corrected chi connectivity index (χ4v) is 13.7. The van der Waals surface area contributed by atoms with Crippen LogP contribution >= 0.6 is 11.8 Å². The van der Waals surface area contributed by atoms with Crippen LogP contribution in [0.4, 0.5) is 4.39 Å². The van der Waals surface area contributed by atoms with Crippen molar-refractivity contribution >= 4 is 74.4 Å². The van der Waals surface area contributed by atoms with Crippen molar-refractivity contribution < 1.29 is 124 Å². The van der Waals surface area contributed by atoms with Gasteiger partial charge in [0.05, 0.1) is 67.2 Å². The molecular formula is C58H63FN8O26S2. The fraction of sp³-hybridized carbons (Fsp3) is 0.500. The van der Waals surface area contributed by atoms with Gasteiger partial charge in [-0.2, -0.15) is 11.8 Å². The number of halogens is 1. The summed E-state index contributed by atoms with van der Waals surface area (Å²) in [5.41, 5.74) is -2.38. The molecule has 13 atom stereocenters. The summed E-state index contributed by atoms with van der Waals surface area (Å²) >= 11 is 1.27. The topological polar surface area (TPSA) is 484 Å². The first-order valence-corrected chi connectivity index (χ1v) is 32.2. The van der Waals surface area contributed by atoms with Crippen molar-refractivity contribution in [1.82, 2.24) is 39.7 Å². The molecule has 5 aromatic rings. The van der Waals surface area contributed by atoms with Gasteiger partial charge in [0, 0.05) is 65.7 Å². The third kappa shape index (κ3) is 12.9. The number of hydrogen-bond acceptors (Lipinski definition) is 28. The summed E-state index contributed by atoms with van der Waals surface area (Å²) < 4.78 is 86.8. The monoisotopic (exact) mass is 1370 g/mol. The van der Waals surface area contributed by atoms with Gasteiger partial charge >= 0.3 is 22.3 Å². The van der Waals surface area contributed by atoms with E-state index in [1.807, 2.05) is 0 Å². The number of aliphatic hydroxyl groups is 7. The number of rotatable bonds is 23. The van der Waals surface area contributed by atoms with Crippen LogP contribution in [-0.4, -0.2) is 236 Å². The van der Waals surface area contributed by atoms with Gasteiger partial charge in [-0.1, -0.05) is 12.1 Å². The second kappa shape index (κ2) is 26.8. The number of aliphatic hydroxyl groups excluding tert-OH is 6. The lowest BCUT2D eigenvalue weighted by Crippen LogP contribution is -2.61. The van der Waals surface area contributed by atoms with Crippen LogP contribution in [0.15, 0.2) is 41.3 Å². The first-order chi connectivity index (χ1) is 45.0. The predicted molar refractivity (Wildman–Crippen MR) is 314 cm³/mol. The molecule has 4 aliphatic heterocycles. The molecule has 4 amide bonds. The van der Waals surface area contributed by atoms with Gasteiger partial charge in [-0.3, -0.25) is 33.7 Å². The summed E-state index contributed by atoms with van der Waals surface area (Å²) in [6.07, 6.45) is -18.7. The van der Waals surface area contributed by atoms with Crippen LogP contribution in [0.3, 0.4) is 0 Å². The number of imide groups is 1. The third-order valence-electron chi connectivity index (χ3n) is 17.4. The van der Waals surface area contributed by atoms with Gasteiger partial charge in [0.2, 0.25) is 24.0 Å². The largest absolute Gasteiger partial charge is 0.501 e. The number of pyridine rings is 2. The fourth-order valence-electron chi connectivity index (χ4n) is 12.3. The van der Waals surface area contributed by atoms with E-state index >= 15 is 4.39 Å². The standard InChI is InChI=1S/C58H63FN8O26S2/c1-4-58(84)28-16-32-41-27(21-66(32)52(78)25(28)7-10-36(58)68)40-30(60-37(69)22-88-56-46(75)42(71)44(73)49(90-56)54(80)81)8-6-26-39(40)31(61-41)17-29(59)48(26)93-95(85,86)92-34-15-23(5-9-33(34)89-57-47(76)43(72)45(74)50(91-57)55(82)83)51(77)64(2)11-13-87-14-12-65-19-24(62-63-65)20-67-38(70)18-35(94-3)53(67)79/h5,9,15-17,19,30,35,42-47,49-50,56-57,71-76,84H,4,6-8,10-14,18,20-22H2,1-3H3,(H,60,69)(H,80,81)(H,82,83)/t30-,35?,42-,43-,44-,45-,46+,47+,49-,50-,56?,57+,58-/m0/s1. The van der Waals surface area contributed by atoms with Gasteiger partial charge in [-0.05, 0) is 61.8 Å². The minimum absolute atomic E-state index is 0.0192. The summed E-state index contributed by atoms with van der Waals surface area (Å²) in [5, 5.41) is 104. The number of amides is 4. The number of Topliss-reactive ketones (excluding diaryl/α,β-unsaturated/α-hetero) is 1. The molecule has 10 N–H and O–H groups in total. The number of carboxylic acid groups (broad SMARTS) is 2. The molecule has 34 nitrogen and oxygen atoms in total. The first-order valence-electron chi connectivity index (χ1n) is 29.5. The Morgan fingerprint density at radius 3 is 2.23 bits per heavy atom. The number of benzene rings is 2. The van der Waals surface area contributed by atoms with Gasteiger partial charge in [0.1, 0.15) is 54.5 Å². The normalized spacial score (nSPS) is 27.0. The van der Waals surface area contributed by atoms with E-state index in [2.05, 4.69) is 15.6 Å². The number of aromatic nitrogens is 5. The SMILES string of the molecule is CC[C@@]1(O)C(=O)CCc2c1cc1n(c2=O)Cc2c-1nc1cc(F)c(OS(=O)(=O)Oc3cc(C(=O)N(C)CCOCCn4cc(CN5C(=O)CC(SC)C5=O)nn4)ccc3O[C@@H]3O[C@H](C(=O)O)[C@@H](O)[C@H](O)[C@H]3O)c3c1c2[C@@H](NC(=O)COC1O[C@H](C(=O)O)[C@@H](O)[C@H](O)[C@H]1O)CC3. The molecule has 3 fully saturated rings. The number of ether oxygens (including phenoxy) is 5. The van der Waals surface area contributed by atoms with Crippen molar-refractivity contribution in [2.75, 3.05) is 39.7 Å². The lowest BCUT2D eigenvalue weighted by atomic mass is 9.77. The number of carboxylic acids is 2. The van der Waals surface area contributed by atoms with Crippen LogP contribution < -0.4 is 24.0 Å². The van der Waals surface area contributed by atoms with Crippen LogP contribution in [0.5, 0.6) is 17.2 Å². The zero-order valence-electron chi connectivity index (χ0n) is 50.4. The van der Waals surface area contributed by atoms with E-state index in [0.29, 0.717) is 5.69 Å². The van der Waals surface area contributed by atoms with Crippen LogP contribution in [0.25, 0.3) is 22.3 Å². The number of nitrogens with zero attached hydrogens (tertiary/aromatic N) is 7. The number of aryl methyl sites for hydroxylation is 1. The Kier molecular flexibility index (Phi) is 19.2. The molecule has 0 saturated carbocycles. The molecule has 3 aromatic heterocycles. The van der Waals surface area contributed by atoms with Crippen molar-refractivity contribution in [3.05, 3.63) is 91.8 Å². The first kappa shape index (κ1) is 68.2. The number of thioether (sulfide) groups is 1. The molecule has 37 heteroatoms. The van der Waals surface area contributed by atoms with E-state index in [-0.39, 0.29) is 145 Å². The van der Waals surface area contributed by atoms with E-state index in [1.54, 1.807) is 19.4 Å². The Morgan fingerprint density at radius 1 is 0.863 bits per heavy atom. The van der Waals surface area contributed by atoms with Gasteiger partial charge < -0.3 is 92.8 Å². The molecule has 0 bridgehead atoms. The molecule has 95 heavy (non-hydrogen) atoms. The van der Waals surface area contributed by atoms with Crippen LogP contribution in [-0.2, 0) is 96.2 Å². The van der Waals surface area contributed by atoms with Crippen molar-refractivity contribution in [3.63, 3.8) is 0 Å². The average Bonchev–Trinajstić information content (AvgIpc) is 1.62. The smallest absolute Gasteiger partial charge is 0.479 e. The zero-order chi connectivity index (χ0) is 68.4. The molecule has 7 heterocycles. The predicted octanol–water partition coefficient (Wildman–Crippen LogP) is -2.97. The number of nitrogens with one attached hydrogen (secondary N) is 1. The molecule has 11 rings (SSSR count). The maximum Gasteiger partial charge on any atom is 0.501 e. The van der Waals surface area contributed by atoms with Crippen molar-refractivity contribution in [3.8, 4) is 28.6 Å². The third-order valence-corrected chi connectivity index (χ3v) is 19.1. The van der Waals surface area contributed by atoms with Gasteiger partial charge in [0.25, 0.3) is 11.5 Å². The Bertz CT molecular complexity index is 4140. The quantitative estimate of drug-likeness (QED) is 0.0226. The maximum atomic E-state index is 17.0. The molecule has 2 aromatic carbocycles. The summed E-state index contributed by atoms with van der Waals surface area (Å²) in [6, 6.07) is 3.91. The van der Waals surface area contributed by atoms with Crippen LogP contribution in [0.1, 0.15) is 82.5 Å². The molecule has 6 aliphatic rings. The molecule has 0 radical (unpaired) electrons. The number of likely N-dealkylation sites (tertiary alicyclic amines) is 1. The summed E-state index contributed by atoms with van der Waals surface area (Å²) in [7, 11) is -4.34. The second-order valence-electron chi connectivity index (χ2n) is 23.2. The van der Waals surface area contributed by atoms with Gasteiger partial charge in [-0.25, -0.2) is 23.6 Å². The Morgan fingerprint density at radius 2 is 1.56 bits per heavy atom. The van der Waals surface area contributed by atoms with Crippen LogP contribution in [0.2, 0.25) is 0 Å². The van der Waals surface area contributed by atoms with Gasteiger partial charge in [0.15, 0.2) is 47.3 Å². The molecular weight excluding hydrogens is 1310 g/mol. The average molecular weight is 1370 g/mol. The Balaban J connectivity index is 0.879. The van der Waals surface area contributed by atoms with E-state index < -0.39 is 153 Å². The number of fused-ring (bicyclic) bond motifs is 5. The maximum absolute atomic E-state index is 17.0. The highest BCUT2D eigenvalue weighted by Gasteiger charge is 2.51. The Labute approximate surface area is 539 Å². The number of carbonyl (C=O) groups excluding carboxylic acids is 5. The van der Waals surface area contributed by atoms with E-state index in [1.165, 1.54) is 34.1 Å². The number of hydrogen-bond donors (Lipinski definition) is 10. The summed E-state index contributed by atoms with van der Waals surface area (Å²) in [6.45, 7) is 0.276. The van der Waals surface area contributed by atoms with Crippen LogP contribution in [0, 0.1) is 5.82 Å². The molecule has 0 spiro atoms. The van der Waals surface area contributed by atoms with E-state index in [9.17, 15) is 92.7 Å². The second-order valence-corrected chi connectivity index (χ2v) is 25.4. The highest BCUT2D eigenvalue weighted by molar-refractivity contribution is 8.00. The molecule has 510 valence electrons. The Hall–Kier alpha value is -8.18. The van der Waals surface area contributed by atoms with Gasteiger partial charge in [-0.15, -0.1) is 13.5 Å². The number of aliphatic carboxylic acids is 2. The summed E-state index contributed by atoms with van der Waals surface area (Å²) in [4.78, 5) is 111. The molecule has 3 saturated heterocycles. The number of ketones is 1. The zero-order valence-corrected chi connectivity index (χ0v) is 52.0. The van der Waals surface area contributed by atoms with E-state index in [0.717, 1.165) is 34.1 Å². The highest BCUT2D eigenvalue weighted by atomic mass is 32.3. The lowest BCUT2D eigenvalue weighted by molar-refractivity contribution is -0.292. The number of carbonyl (C=O) groups is 7. The lowest BCUT2D eigenvalue weighted by Gasteiger charge is -2.38. The van der Waals surface area contributed by atoms with E-state index in [4.69, 9.17) is 37.0 Å². The highest BCUT2D eigenvalue weighted by Crippen LogP contribution is 2.48.